The lowest BCUT2D eigenvalue weighted by molar-refractivity contribution is -0.150. The fourth-order valence-corrected chi connectivity index (χ4v) is 6.64. The lowest BCUT2D eigenvalue weighted by Crippen LogP contribution is -2.71. The highest BCUT2D eigenvalue weighted by atomic mass is 32.2. The molecule has 16 heteroatoms. The molecule has 0 spiro atoms. The smallest absolute Gasteiger partial charge is 0.352 e. The van der Waals surface area contributed by atoms with Crippen LogP contribution in [0, 0.1) is 0 Å². The highest BCUT2D eigenvalue weighted by molar-refractivity contribution is 8.01. The van der Waals surface area contributed by atoms with Crippen molar-refractivity contribution in [2.24, 2.45) is 5.16 Å². The Balaban J connectivity index is 1.53. The number of nitrogens with zero attached hydrogens (tertiary/aromatic N) is 4. The normalized spacial score (nSPS) is 20.7. The van der Waals surface area contributed by atoms with Crippen LogP contribution in [0.25, 0.3) is 0 Å². The molecule has 2 aliphatic heterocycles. The van der Waals surface area contributed by atoms with Gasteiger partial charge in [0, 0.05) is 22.4 Å². The van der Waals surface area contributed by atoms with E-state index in [1.165, 1.54) is 53.3 Å². The Hall–Kier alpha value is -3.37. The Kier molecular flexibility index (Phi) is 7.13. The first-order chi connectivity index (χ1) is 16.7. The topological polar surface area (TPSA) is 193 Å². The Morgan fingerprint density at radius 2 is 2.23 bits per heavy atom. The molecule has 2 aromatic rings. The Bertz CT molecular complexity index is 1310. The molecule has 4 rings (SSSR count). The molecule has 2 aromatic heterocycles. The number of fused-ring (bicyclic) bond motifs is 1. The summed E-state index contributed by atoms with van der Waals surface area (Å²) in [4.78, 5) is 65.9. The van der Waals surface area contributed by atoms with E-state index in [1.807, 2.05) is 0 Å². The number of aliphatic carboxylic acids is 1. The SMILES string of the molecule is CON=C(C(=O)N[C@@H]1C(=O)N2C(C(=O)O)=C(C(C)Sc3cc(=O)[nH]cn3)CS[C@@H]12)c1csc(N)n1. The van der Waals surface area contributed by atoms with Crippen LogP contribution < -0.4 is 16.6 Å². The number of rotatable bonds is 8. The average Bonchev–Trinajstić information content (AvgIpc) is 3.25. The molecule has 5 N–H and O–H groups in total. The van der Waals surface area contributed by atoms with Gasteiger partial charge in [0.15, 0.2) is 10.8 Å². The van der Waals surface area contributed by atoms with Gasteiger partial charge in [0.2, 0.25) is 0 Å². The maximum absolute atomic E-state index is 13.0. The number of thioether (sulfide) groups is 2. The molecule has 13 nitrogen and oxygen atoms in total. The molecule has 0 radical (unpaired) electrons. The quantitative estimate of drug-likeness (QED) is 0.117. The first-order valence-corrected chi connectivity index (χ1v) is 12.8. The predicted octanol–water partition coefficient (Wildman–Crippen LogP) is 0.0785. The number of carboxylic acids is 1. The van der Waals surface area contributed by atoms with Crippen LogP contribution in [-0.4, -0.2) is 78.0 Å². The Morgan fingerprint density at radius 1 is 1.46 bits per heavy atom. The van der Waals surface area contributed by atoms with Crippen molar-refractivity contribution in [2.45, 2.75) is 28.6 Å². The molecule has 2 aliphatic rings. The summed E-state index contributed by atoms with van der Waals surface area (Å²) < 4.78 is 0. The monoisotopic (exact) mass is 537 g/mol. The molecule has 35 heavy (non-hydrogen) atoms. The van der Waals surface area contributed by atoms with Gasteiger partial charge < -0.3 is 26.0 Å². The number of hydrogen-bond acceptors (Lipinski definition) is 12. The molecule has 1 saturated heterocycles. The minimum Gasteiger partial charge on any atom is -0.477 e. The number of hydrogen-bond donors (Lipinski definition) is 4. The predicted molar refractivity (Wildman–Crippen MR) is 130 cm³/mol. The summed E-state index contributed by atoms with van der Waals surface area (Å²) in [5, 5.41) is 17.4. The largest absolute Gasteiger partial charge is 0.477 e. The number of aromatic nitrogens is 3. The number of nitrogens with one attached hydrogen (secondary N) is 2. The number of anilines is 1. The van der Waals surface area contributed by atoms with Gasteiger partial charge in [-0.3, -0.25) is 19.3 Å². The maximum atomic E-state index is 13.0. The molecule has 2 amide bonds. The minimum atomic E-state index is -1.26. The maximum Gasteiger partial charge on any atom is 0.352 e. The van der Waals surface area contributed by atoms with E-state index in [4.69, 9.17) is 10.6 Å². The number of aromatic amines is 1. The van der Waals surface area contributed by atoms with E-state index in [1.54, 1.807) is 6.92 Å². The molecule has 0 bridgehead atoms. The lowest BCUT2D eigenvalue weighted by atomic mass is 10.0. The van der Waals surface area contributed by atoms with Gasteiger partial charge in [-0.1, -0.05) is 16.9 Å². The van der Waals surface area contributed by atoms with E-state index in [0.29, 0.717) is 16.4 Å². The first kappa shape index (κ1) is 24.7. The standard InChI is InChI=1S/C19H19N7O6S3/c1-7(35-11-3-10(27)21-6-22-11)8-4-33-17-13(16(29)26(17)14(8)18(30)31)24-15(28)12(25-32-2)9-5-34-19(20)23-9/h3,5-7,13,17H,4H2,1-2H3,(H2,20,23)(H,24,28)(H,30,31)(H,21,22,27)/t7?,13-,17+/m1/s1. The van der Waals surface area contributed by atoms with Crippen LogP contribution in [0.15, 0.2) is 44.0 Å². The number of amides is 2. The highest BCUT2D eigenvalue weighted by Crippen LogP contribution is 2.43. The van der Waals surface area contributed by atoms with Crippen molar-refractivity contribution in [2.75, 3.05) is 18.6 Å². The van der Waals surface area contributed by atoms with E-state index in [0.717, 1.165) is 11.3 Å². The molecule has 0 saturated carbocycles. The van der Waals surface area contributed by atoms with Gasteiger partial charge in [-0.15, -0.1) is 23.1 Å². The summed E-state index contributed by atoms with van der Waals surface area (Å²) in [5.41, 5.74) is 5.73. The summed E-state index contributed by atoms with van der Waals surface area (Å²) in [6.07, 6.45) is 1.27. The Morgan fingerprint density at radius 3 is 2.86 bits per heavy atom. The van der Waals surface area contributed by atoms with Gasteiger partial charge >= 0.3 is 5.97 Å². The zero-order valence-electron chi connectivity index (χ0n) is 18.3. The van der Waals surface area contributed by atoms with Crippen LogP contribution in [0.3, 0.4) is 0 Å². The molecular weight excluding hydrogens is 518 g/mol. The molecule has 4 heterocycles. The first-order valence-electron chi connectivity index (χ1n) is 9.97. The second-order valence-corrected chi connectivity index (χ2v) is 10.6. The Labute approximate surface area is 210 Å². The number of carboxylic acid groups (broad SMARTS) is 1. The number of thiazole rings is 1. The number of carbonyl (C=O) groups excluding carboxylic acids is 2. The minimum absolute atomic E-state index is 0.132. The second kappa shape index (κ2) is 10.1. The number of β-lactam (4-membered cyclic amide) rings is 1. The average molecular weight is 538 g/mol. The molecule has 3 atom stereocenters. The van der Waals surface area contributed by atoms with Gasteiger partial charge in [-0.05, 0) is 12.5 Å². The lowest BCUT2D eigenvalue weighted by Gasteiger charge is -2.50. The van der Waals surface area contributed by atoms with Crippen molar-refractivity contribution < 1.29 is 24.3 Å². The number of carbonyl (C=O) groups is 3. The molecule has 0 aromatic carbocycles. The number of oxime groups is 1. The van der Waals surface area contributed by atoms with E-state index >= 15 is 0 Å². The van der Waals surface area contributed by atoms with Crippen molar-refractivity contribution in [1.29, 1.82) is 0 Å². The van der Waals surface area contributed by atoms with Crippen molar-refractivity contribution >= 4 is 63.5 Å². The van der Waals surface area contributed by atoms with Crippen molar-refractivity contribution in [3.8, 4) is 0 Å². The molecular formula is C19H19N7O6S3. The van der Waals surface area contributed by atoms with Crippen molar-refractivity contribution in [1.82, 2.24) is 25.2 Å². The van der Waals surface area contributed by atoms with Gasteiger partial charge in [-0.2, -0.15) is 0 Å². The third-order valence-electron chi connectivity index (χ3n) is 5.09. The van der Waals surface area contributed by atoms with Gasteiger partial charge in [0.25, 0.3) is 17.4 Å². The summed E-state index contributed by atoms with van der Waals surface area (Å²) in [6, 6.07) is 0.356. The second-order valence-electron chi connectivity index (χ2n) is 7.24. The van der Waals surface area contributed by atoms with Gasteiger partial charge in [0.1, 0.15) is 34.9 Å². The van der Waals surface area contributed by atoms with E-state index in [9.17, 15) is 24.3 Å². The zero-order valence-corrected chi connectivity index (χ0v) is 20.7. The molecule has 184 valence electrons. The molecule has 1 fully saturated rings. The van der Waals surface area contributed by atoms with Crippen LogP contribution >= 0.6 is 34.9 Å². The number of H-pyrrole nitrogens is 1. The third kappa shape index (κ3) is 4.89. The van der Waals surface area contributed by atoms with Crippen LogP contribution in [0.4, 0.5) is 5.13 Å². The zero-order chi connectivity index (χ0) is 25.3. The highest BCUT2D eigenvalue weighted by Gasteiger charge is 2.55. The summed E-state index contributed by atoms with van der Waals surface area (Å²) in [6.45, 7) is 1.78. The van der Waals surface area contributed by atoms with Crippen LogP contribution in [0.1, 0.15) is 12.6 Å². The molecule has 0 aliphatic carbocycles. The summed E-state index contributed by atoms with van der Waals surface area (Å²) in [7, 11) is 1.27. The van der Waals surface area contributed by atoms with E-state index in [2.05, 4.69) is 25.4 Å². The van der Waals surface area contributed by atoms with Gasteiger partial charge in [-0.25, -0.2) is 14.8 Å². The van der Waals surface area contributed by atoms with Crippen molar-refractivity contribution in [3.63, 3.8) is 0 Å². The summed E-state index contributed by atoms with van der Waals surface area (Å²) >= 11 is 3.66. The third-order valence-corrected chi connectivity index (χ3v) is 8.17. The number of nitrogens with two attached hydrogens (primary N) is 1. The van der Waals surface area contributed by atoms with Crippen molar-refractivity contribution in [3.05, 3.63) is 45.1 Å². The number of nitrogen functional groups attached to an aromatic ring is 1. The van der Waals surface area contributed by atoms with E-state index in [-0.39, 0.29) is 33.0 Å². The summed E-state index contributed by atoms with van der Waals surface area (Å²) in [5.74, 6) is -2.21. The van der Waals surface area contributed by atoms with Crippen LogP contribution in [0.2, 0.25) is 0 Å². The van der Waals surface area contributed by atoms with E-state index < -0.39 is 29.2 Å². The molecule has 1 unspecified atom stereocenters. The fourth-order valence-electron chi connectivity index (χ4n) is 3.52. The van der Waals surface area contributed by atoms with Crippen LogP contribution in [-0.2, 0) is 19.2 Å². The van der Waals surface area contributed by atoms with Gasteiger partial charge in [0.05, 0.1) is 6.33 Å². The van der Waals surface area contributed by atoms with Crippen LogP contribution in [0.5, 0.6) is 0 Å². The fraction of sp³-hybridized carbons (Fsp3) is 0.316.